The number of aromatic carboxylic acids is 1. The minimum absolute atomic E-state index is 0.175. The van der Waals surface area contributed by atoms with E-state index in [1.54, 1.807) is 6.92 Å². The first-order valence-corrected chi connectivity index (χ1v) is 6.26. The van der Waals surface area contributed by atoms with E-state index in [1.807, 2.05) is 6.92 Å². The van der Waals surface area contributed by atoms with Crippen molar-refractivity contribution in [3.05, 3.63) is 29.3 Å². The SMILES string of the molecule is CCOC(=O)c1ccc(C(=O)O)cc1SCC. The summed E-state index contributed by atoms with van der Waals surface area (Å²) >= 11 is 1.42. The van der Waals surface area contributed by atoms with Crippen molar-refractivity contribution in [1.82, 2.24) is 0 Å². The van der Waals surface area contributed by atoms with Gasteiger partial charge in [0.25, 0.3) is 0 Å². The summed E-state index contributed by atoms with van der Waals surface area (Å²) in [5.41, 5.74) is 0.595. The number of benzene rings is 1. The predicted molar refractivity (Wildman–Crippen MR) is 65.8 cm³/mol. The molecule has 1 aromatic carbocycles. The summed E-state index contributed by atoms with van der Waals surface area (Å²) in [6.07, 6.45) is 0. The smallest absolute Gasteiger partial charge is 0.339 e. The Labute approximate surface area is 104 Å². The van der Waals surface area contributed by atoms with E-state index < -0.39 is 11.9 Å². The van der Waals surface area contributed by atoms with Crippen molar-refractivity contribution < 1.29 is 19.4 Å². The second-order valence-electron chi connectivity index (χ2n) is 3.17. The van der Waals surface area contributed by atoms with Crippen LogP contribution in [0.3, 0.4) is 0 Å². The van der Waals surface area contributed by atoms with Crippen molar-refractivity contribution >= 4 is 23.7 Å². The topological polar surface area (TPSA) is 63.6 Å². The van der Waals surface area contributed by atoms with Gasteiger partial charge in [-0.25, -0.2) is 9.59 Å². The Kier molecular flexibility index (Phi) is 5.03. The fourth-order valence-electron chi connectivity index (χ4n) is 1.31. The van der Waals surface area contributed by atoms with Gasteiger partial charge in [-0.2, -0.15) is 0 Å². The van der Waals surface area contributed by atoms with Crippen LogP contribution in [0.1, 0.15) is 34.6 Å². The Bertz CT molecular complexity index is 429. The molecule has 4 nitrogen and oxygen atoms in total. The highest BCUT2D eigenvalue weighted by molar-refractivity contribution is 7.99. The number of esters is 1. The molecule has 0 heterocycles. The highest BCUT2D eigenvalue weighted by Crippen LogP contribution is 2.24. The molecule has 0 spiro atoms. The van der Waals surface area contributed by atoms with E-state index in [9.17, 15) is 9.59 Å². The summed E-state index contributed by atoms with van der Waals surface area (Å²) in [7, 11) is 0. The zero-order chi connectivity index (χ0) is 12.8. The van der Waals surface area contributed by atoms with Gasteiger partial charge in [0.2, 0.25) is 0 Å². The lowest BCUT2D eigenvalue weighted by Crippen LogP contribution is -2.07. The zero-order valence-corrected chi connectivity index (χ0v) is 10.5. The minimum atomic E-state index is -1.00. The number of rotatable bonds is 5. The molecule has 0 aliphatic rings. The standard InChI is InChI=1S/C12H14O4S/c1-3-16-12(15)9-6-5-8(11(13)14)7-10(9)17-4-2/h5-7H,3-4H2,1-2H3,(H,13,14). The van der Waals surface area contributed by atoms with E-state index in [1.165, 1.54) is 30.0 Å². The monoisotopic (exact) mass is 254 g/mol. The molecule has 1 rings (SSSR count). The summed E-state index contributed by atoms with van der Waals surface area (Å²) in [5, 5.41) is 8.88. The molecule has 0 aliphatic heterocycles. The van der Waals surface area contributed by atoms with Crippen LogP contribution in [0.25, 0.3) is 0 Å². The number of ether oxygens (including phenoxy) is 1. The third kappa shape index (κ3) is 3.49. The van der Waals surface area contributed by atoms with Crippen LogP contribution in [0.2, 0.25) is 0 Å². The highest BCUT2D eigenvalue weighted by Gasteiger charge is 2.15. The molecule has 0 saturated carbocycles. The Morgan fingerprint density at radius 2 is 2.06 bits per heavy atom. The van der Waals surface area contributed by atoms with Crippen LogP contribution in [0.15, 0.2) is 23.1 Å². The molecule has 0 atom stereocenters. The first-order chi connectivity index (χ1) is 8.10. The van der Waals surface area contributed by atoms with Gasteiger partial charge >= 0.3 is 11.9 Å². The number of hydrogen-bond acceptors (Lipinski definition) is 4. The van der Waals surface area contributed by atoms with E-state index in [-0.39, 0.29) is 5.56 Å². The third-order valence-corrected chi connectivity index (χ3v) is 2.96. The van der Waals surface area contributed by atoms with Gasteiger partial charge in [-0.1, -0.05) is 6.92 Å². The van der Waals surface area contributed by atoms with Crippen LogP contribution < -0.4 is 0 Å². The molecule has 0 unspecified atom stereocenters. The summed E-state index contributed by atoms with van der Waals surface area (Å²) in [5.74, 6) is -0.658. The fourth-order valence-corrected chi connectivity index (χ4v) is 2.14. The number of thioether (sulfide) groups is 1. The Hall–Kier alpha value is -1.49. The van der Waals surface area contributed by atoms with Gasteiger partial charge in [-0.15, -0.1) is 11.8 Å². The molecular formula is C12H14O4S. The largest absolute Gasteiger partial charge is 0.478 e. The predicted octanol–water partition coefficient (Wildman–Crippen LogP) is 2.67. The molecule has 0 fully saturated rings. The van der Waals surface area contributed by atoms with Gasteiger partial charge in [-0.05, 0) is 30.9 Å². The van der Waals surface area contributed by atoms with Crippen molar-refractivity contribution in [2.24, 2.45) is 0 Å². The first-order valence-electron chi connectivity index (χ1n) is 5.27. The van der Waals surface area contributed by atoms with Crippen molar-refractivity contribution in [3.8, 4) is 0 Å². The van der Waals surface area contributed by atoms with Gasteiger partial charge in [0.15, 0.2) is 0 Å². The maximum absolute atomic E-state index is 11.6. The maximum Gasteiger partial charge on any atom is 0.339 e. The second kappa shape index (κ2) is 6.30. The van der Waals surface area contributed by atoms with E-state index in [4.69, 9.17) is 9.84 Å². The van der Waals surface area contributed by atoms with Gasteiger partial charge < -0.3 is 9.84 Å². The lowest BCUT2D eigenvalue weighted by atomic mass is 10.1. The van der Waals surface area contributed by atoms with E-state index in [0.29, 0.717) is 17.1 Å². The average Bonchev–Trinajstić information content (AvgIpc) is 2.29. The second-order valence-corrected chi connectivity index (χ2v) is 4.48. The molecule has 0 saturated heterocycles. The Morgan fingerprint density at radius 1 is 1.35 bits per heavy atom. The number of carbonyl (C=O) groups is 2. The molecule has 92 valence electrons. The quantitative estimate of drug-likeness (QED) is 0.646. The normalized spacial score (nSPS) is 10.0. The van der Waals surface area contributed by atoms with Crippen molar-refractivity contribution in [3.63, 3.8) is 0 Å². The molecule has 0 aliphatic carbocycles. The molecule has 1 N–H and O–H groups in total. The number of carboxylic acid groups (broad SMARTS) is 1. The van der Waals surface area contributed by atoms with Gasteiger partial charge in [0, 0.05) is 4.90 Å². The molecular weight excluding hydrogens is 240 g/mol. The summed E-state index contributed by atoms with van der Waals surface area (Å²) < 4.78 is 4.92. The molecule has 0 radical (unpaired) electrons. The van der Waals surface area contributed by atoms with Crippen molar-refractivity contribution in [1.29, 1.82) is 0 Å². The van der Waals surface area contributed by atoms with Crippen LogP contribution in [0.4, 0.5) is 0 Å². The van der Waals surface area contributed by atoms with Gasteiger partial charge in [0.1, 0.15) is 0 Å². The molecule has 0 amide bonds. The van der Waals surface area contributed by atoms with Gasteiger partial charge in [0.05, 0.1) is 17.7 Å². The maximum atomic E-state index is 11.6. The lowest BCUT2D eigenvalue weighted by Gasteiger charge is -2.08. The Balaban J connectivity index is 3.12. The highest BCUT2D eigenvalue weighted by atomic mass is 32.2. The van der Waals surface area contributed by atoms with Crippen LogP contribution in [0, 0.1) is 0 Å². The van der Waals surface area contributed by atoms with Crippen molar-refractivity contribution in [2.45, 2.75) is 18.7 Å². The molecule has 1 aromatic rings. The van der Waals surface area contributed by atoms with E-state index >= 15 is 0 Å². The first kappa shape index (κ1) is 13.6. The van der Waals surface area contributed by atoms with Crippen molar-refractivity contribution in [2.75, 3.05) is 12.4 Å². The van der Waals surface area contributed by atoms with Crippen LogP contribution >= 0.6 is 11.8 Å². The van der Waals surface area contributed by atoms with Crippen LogP contribution in [-0.2, 0) is 4.74 Å². The fraction of sp³-hybridized carbons (Fsp3) is 0.333. The van der Waals surface area contributed by atoms with Crippen LogP contribution in [0.5, 0.6) is 0 Å². The van der Waals surface area contributed by atoms with E-state index in [0.717, 1.165) is 5.75 Å². The number of carbonyl (C=O) groups excluding carboxylic acids is 1. The Morgan fingerprint density at radius 3 is 2.59 bits per heavy atom. The summed E-state index contributed by atoms with van der Waals surface area (Å²) in [4.78, 5) is 23.1. The summed E-state index contributed by atoms with van der Waals surface area (Å²) in [6.45, 7) is 3.97. The lowest BCUT2D eigenvalue weighted by molar-refractivity contribution is 0.0521. The zero-order valence-electron chi connectivity index (χ0n) is 9.73. The molecule has 5 heteroatoms. The van der Waals surface area contributed by atoms with Gasteiger partial charge in [-0.3, -0.25) is 0 Å². The minimum Gasteiger partial charge on any atom is -0.478 e. The number of hydrogen-bond donors (Lipinski definition) is 1. The molecule has 0 aromatic heterocycles. The van der Waals surface area contributed by atoms with Crippen LogP contribution in [-0.4, -0.2) is 29.4 Å². The average molecular weight is 254 g/mol. The summed E-state index contributed by atoms with van der Waals surface area (Å²) in [6, 6.07) is 4.41. The molecule has 0 bridgehead atoms. The molecule has 17 heavy (non-hydrogen) atoms. The third-order valence-electron chi connectivity index (χ3n) is 2.02. The number of carboxylic acids is 1. The van der Waals surface area contributed by atoms with E-state index in [2.05, 4.69) is 0 Å².